The second kappa shape index (κ2) is 10.4. The molecular formula is C24H22F7N3O3. The van der Waals surface area contributed by atoms with Crippen LogP contribution < -0.4 is 5.32 Å². The highest BCUT2D eigenvalue weighted by Gasteiger charge is 2.39. The van der Waals surface area contributed by atoms with E-state index in [1.165, 1.54) is 31.2 Å². The predicted octanol–water partition coefficient (Wildman–Crippen LogP) is 4.87. The van der Waals surface area contributed by atoms with E-state index in [-0.39, 0.29) is 37.2 Å². The highest BCUT2D eigenvalue weighted by atomic mass is 19.4. The van der Waals surface area contributed by atoms with Gasteiger partial charge in [0.15, 0.2) is 6.29 Å². The molecule has 0 aliphatic carbocycles. The van der Waals surface area contributed by atoms with Crippen molar-refractivity contribution in [3.8, 4) is 0 Å². The van der Waals surface area contributed by atoms with Crippen LogP contribution in [-0.4, -0.2) is 49.2 Å². The van der Waals surface area contributed by atoms with Gasteiger partial charge in [-0.05, 0) is 48.4 Å². The van der Waals surface area contributed by atoms with Crippen LogP contribution in [-0.2, 0) is 26.6 Å². The topological polar surface area (TPSA) is 63.2 Å². The molecular weight excluding hydrogens is 511 g/mol. The molecule has 2 unspecified atom stereocenters. The van der Waals surface area contributed by atoms with Crippen LogP contribution >= 0.6 is 0 Å². The van der Waals surface area contributed by atoms with Gasteiger partial charge in [-0.1, -0.05) is 12.1 Å². The van der Waals surface area contributed by atoms with Crippen molar-refractivity contribution in [2.75, 3.05) is 26.2 Å². The number of hydrogen-bond acceptors (Lipinski definition) is 5. The third kappa shape index (κ3) is 6.46. The van der Waals surface area contributed by atoms with Crippen molar-refractivity contribution in [1.29, 1.82) is 0 Å². The van der Waals surface area contributed by atoms with Crippen LogP contribution in [0.1, 0.15) is 41.3 Å². The minimum atomic E-state index is -5.00. The summed E-state index contributed by atoms with van der Waals surface area (Å²) in [6, 6.07) is 5.90. The molecule has 200 valence electrons. The van der Waals surface area contributed by atoms with Crippen molar-refractivity contribution in [3.63, 3.8) is 0 Å². The maximum atomic E-state index is 13.6. The lowest BCUT2D eigenvalue weighted by Gasteiger charge is -2.42. The second-order valence-corrected chi connectivity index (χ2v) is 8.63. The molecule has 0 saturated carbocycles. The number of morpholine rings is 1. The van der Waals surface area contributed by atoms with Crippen molar-refractivity contribution in [2.24, 2.45) is 4.99 Å². The Morgan fingerprint density at radius 1 is 1.08 bits per heavy atom. The molecule has 1 fully saturated rings. The number of aliphatic imine (C=N–C) groups is 1. The quantitative estimate of drug-likeness (QED) is 0.539. The first kappa shape index (κ1) is 27.0. The minimum absolute atomic E-state index is 0.0328. The third-order valence-corrected chi connectivity index (χ3v) is 5.99. The van der Waals surface area contributed by atoms with E-state index in [1.54, 1.807) is 0 Å². The van der Waals surface area contributed by atoms with Gasteiger partial charge in [-0.25, -0.2) is 4.39 Å². The van der Waals surface area contributed by atoms with Crippen LogP contribution in [0.4, 0.5) is 30.7 Å². The number of nitrogens with zero attached hydrogens (tertiary/aromatic N) is 2. The summed E-state index contributed by atoms with van der Waals surface area (Å²) in [6.07, 6.45) is -12.4. The zero-order chi connectivity index (χ0) is 27.0. The Morgan fingerprint density at radius 2 is 1.70 bits per heavy atom. The Bertz CT molecular complexity index is 1130. The van der Waals surface area contributed by atoms with Gasteiger partial charge in [-0.15, -0.1) is 0 Å². The number of amides is 1. The Balaban J connectivity index is 1.64. The lowest BCUT2D eigenvalue weighted by molar-refractivity contribution is -0.227. The van der Waals surface area contributed by atoms with Gasteiger partial charge >= 0.3 is 12.4 Å². The average molecular weight is 533 g/mol. The summed E-state index contributed by atoms with van der Waals surface area (Å²) in [5, 5.41) is 2.62. The molecule has 3 atom stereocenters. The maximum Gasteiger partial charge on any atom is 0.416 e. The first-order valence-electron chi connectivity index (χ1n) is 11.2. The second-order valence-electron chi connectivity index (χ2n) is 8.63. The van der Waals surface area contributed by atoms with E-state index < -0.39 is 47.7 Å². The van der Waals surface area contributed by atoms with Gasteiger partial charge in [0.05, 0.1) is 36.4 Å². The highest BCUT2D eigenvalue weighted by molar-refractivity contribution is 6.04. The van der Waals surface area contributed by atoms with Gasteiger partial charge < -0.3 is 14.8 Å². The molecule has 2 aromatic carbocycles. The first-order chi connectivity index (χ1) is 17.3. The largest absolute Gasteiger partial charge is 0.416 e. The Kier molecular flexibility index (Phi) is 7.58. The van der Waals surface area contributed by atoms with Crippen molar-refractivity contribution in [1.82, 2.24) is 10.2 Å². The van der Waals surface area contributed by atoms with Crippen molar-refractivity contribution < 1.29 is 45.0 Å². The fraction of sp³-hybridized carbons (Fsp3) is 0.417. The Labute approximate surface area is 207 Å². The van der Waals surface area contributed by atoms with Crippen LogP contribution in [0.2, 0.25) is 0 Å². The summed E-state index contributed by atoms with van der Waals surface area (Å²) in [5.74, 6) is -0.402. The van der Waals surface area contributed by atoms with E-state index in [0.717, 1.165) is 0 Å². The van der Waals surface area contributed by atoms with Crippen LogP contribution in [0, 0.1) is 5.82 Å². The molecule has 1 N–H and O–H groups in total. The van der Waals surface area contributed by atoms with Gasteiger partial charge in [0, 0.05) is 6.54 Å². The molecule has 0 aromatic heterocycles. The molecule has 0 radical (unpaired) electrons. The number of benzene rings is 2. The van der Waals surface area contributed by atoms with Crippen LogP contribution in [0.3, 0.4) is 0 Å². The zero-order valence-electron chi connectivity index (χ0n) is 19.4. The normalized spacial score (nSPS) is 22.1. The molecule has 4 rings (SSSR count). The summed E-state index contributed by atoms with van der Waals surface area (Å²) >= 11 is 0. The Morgan fingerprint density at radius 3 is 2.24 bits per heavy atom. The molecule has 2 aromatic rings. The van der Waals surface area contributed by atoms with Crippen LogP contribution in [0.5, 0.6) is 0 Å². The molecule has 6 nitrogen and oxygen atoms in total. The number of ether oxygens (including phenoxy) is 2. The molecule has 13 heteroatoms. The molecule has 0 spiro atoms. The fourth-order valence-electron chi connectivity index (χ4n) is 4.19. The maximum absolute atomic E-state index is 13.6. The summed E-state index contributed by atoms with van der Waals surface area (Å²) < 4.78 is 105. The lowest BCUT2D eigenvalue weighted by Crippen LogP contribution is -2.49. The molecule has 2 aliphatic rings. The van der Waals surface area contributed by atoms with Gasteiger partial charge in [0.25, 0.3) is 0 Å². The predicted molar refractivity (Wildman–Crippen MR) is 117 cm³/mol. The van der Waals surface area contributed by atoms with Gasteiger partial charge in [0.2, 0.25) is 5.91 Å². The number of rotatable bonds is 6. The molecule has 1 amide bonds. The van der Waals surface area contributed by atoms with Crippen LogP contribution in [0.25, 0.3) is 0 Å². The van der Waals surface area contributed by atoms with E-state index in [9.17, 15) is 35.5 Å². The van der Waals surface area contributed by atoms with E-state index in [4.69, 9.17) is 9.47 Å². The summed E-state index contributed by atoms with van der Waals surface area (Å²) in [5.41, 5.74) is -2.72. The van der Waals surface area contributed by atoms with E-state index in [0.29, 0.717) is 30.1 Å². The zero-order valence-corrected chi connectivity index (χ0v) is 19.4. The van der Waals surface area contributed by atoms with E-state index in [1.807, 2.05) is 4.90 Å². The monoisotopic (exact) mass is 533 g/mol. The molecule has 2 heterocycles. The van der Waals surface area contributed by atoms with E-state index in [2.05, 4.69) is 10.3 Å². The molecule has 2 aliphatic heterocycles. The lowest BCUT2D eigenvalue weighted by atomic mass is 10.0. The SMILES string of the molecule is C[C@@H](OC1OCCN(CC2=NCC(=O)N2)C1c1ccc(F)cc1)c1cc(C(F)(F)F)cc(C(F)(F)F)c1. The van der Waals surface area contributed by atoms with Crippen molar-refractivity contribution in [3.05, 3.63) is 70.5 Å². The van der Waals surface area contributed by atoms with Gasteiger partial charge in [0.1, 0.15) is 18.2 Å². The standard InChI is InChI=1S/C24H22F7N3O3/c1-13(15-8-16(23(26,27)28)10-17(9-15)24(29,30)31)37-22-21(14-2-4-18(25)5-3-14)34(6-7-36-22)12-19-32-11-20(35)33-19/h2-5,8-10,13,21-22H,6-7,11-12H2,1H3,(H,32,33,35)/t13-,21?,22?/m1/s1. The number of carbonyl (C=O) groups excluding carboxylic acids is 1. The summed E-state index contributed by atoms with van der Waals surface area (Å²) in [7, 11) is 0. The molecule has 0 bridgehead atoms. The number of halogens is 7. The number of carbonyl (C=O) groups is 1. The Hall–Kier alpha value is -3.03. The number of hydrogen-bond donors (Lipinski definition) is 1. The van der Waals surface area contributed by atoms with E-state index >= 15 is 0 Å². The van der Waals surface area contributed by atoms with Gasteiger partial charge in [-0.2, -0.15) is 26.3 Å². The van der Waals surface area contributed by atoms with Crippen LogP contribution in [0.15, 0.2) is 47.5 Å². The first-order valence-corrected chi connectivity index (χ1v) is 11.2. The molecule has 37 heavy (non-hydrogen) atoms. The molecule has 1 saturated heterocycles. The van der Waals surface area contributed by atoms with Gasteiger partial charge in [-0.3, -0.25) is 14.7 Å². The number of amidine groups is 1. The fourth-order valence-corrected chi connectivity index (χ4v) is 4.19. The third-order valence-electron chi connectivity index (χ3n) is 5.99. The summed E-state index contributed by atoms with van der Waals surface area (Å²) in [4.78, 5) is 17.5. The average Bonchev–Trinajstić information content (AvgIpc) is 3.23. The summed E-state index contributed by atoms with van der Waals surface area (Å²) in [6.45, 7) is 1.91. The minimum Gasteiger partial charge on any atom is -0.349 e. The number of nitrogens with one attached hydrogen (secondary N) is 1. The highest BCUT2D eigenvalue weighted by Crippen LogP contribution is 2.39. The van der Waals surface area contributed by atoms with Crippen molar-refractivity contribution >= 4 is 11.7 Å². The number of alkyl halides is 6. The van der Waals surface area contributed by atoms with Crippen molar-refractivity contribution in [2.45, 2.75) is 37.7 Å². The smallest absolute Gasteiger partial charge is 0.349 e.